The molecule has 0 fully saturated rings. The minimum Gasteiger partial charge on any atom is -0.354 e. The first kappa shape index (κ1) is 21.8. The van der Waals surface area contributed by atoms with E-state index in [1.54, 1.807) is 0 Å². The minimum absolute atomic E-state index is 0.0469. The number of sulfonamides is 1. The topological polar surface area (TPSA) is 78.5 Å². The first-order valence-electron chi connectivity index (χ1n) is 9.08. The largest absolute Gasteiger partial charge is 0.354 e. The standard InChI is InChI=1S/C21H27N3O3S/c1-24(2)20(19-11-7-4-8-12-19)17-22-21(25)13-15-23-28(26,27)16-14-18-9-5-3-6-10-18/h3-12,14,16,20,23H,13,15,17H2,1-2H3,(H,22,25)/b16-14+. The Morgan fingerprint density at radius 2 is 1.64 bits per heavy atom. The van der Waals surface area contributed by atoms with Crippen molar-refractivity contribution in [2.75, 3.05) is 27.2 Å². The monoisotopic (exact) mass is 401 g/mol. The summed E-state index contributed by atoms with van der Waals surface area (Å²) in [4.78, 5) is 14.1. The average molecular weight is 402 g/mol. The van der Waals surface area contributed by atoms with Crippen LogP contribution in [0.15, 0.2) is 66.1 Å². The SMILES string of the molecule is CN(C)C(CNC(=O)CCNS(=O)(=O)/C=C/c1ccccc1)c1ccccc1. The smallest absolute Gasteiger partial charge is 0.233 e. The van der Waals surface area contributed by atoms with Crippen molar-refractivity contribution in [1.82, 2.24) is 14.9 Å². The first-order valence-corrected chi connectivity index (χ1v) is 10.6. The van der Waals surface area contributed by atoms with Crippen molar-refractivity contribution < 1.29 is 13.2 Å². The molecule has 1 atom stereocenters. The van der Waals surface area contributed by atoms with Crippen molar-refractivity contribution in [1.29, 1.82) is 0 Å². The van der Waals surface area contributed by atoms with Crippen molar-refractivity contribution in [2.24, 2.45) is 0 Å². The van der Waals surface area contributed by atoms with E-state index in [4.69, 9.17) is 0 Å². The molecule has 0 aliphatic heterocycles. The highest BCUT2D eigenvalue weighted by Gasteiger charge is 2.15. The third-order valence-corrected chi connectivity index (χ3v) is 5.30. The van der Waals surface area contributed by atoms with Gasteiger partial charge in [0.1, 0.15) is 0 Å². The Morgan fingerprint density at radius 1 is 1.04 bits per heavy atom. The molecule has 2 rings (SSSR count). The molecule has 0 aliphatic rings. The van der Waals surface area contributed by atoms with Crippen molar-refractivity contribution in [3.05, 3.63) is 77.2 Å². The summed E-state index contributed by atoms with van der Waals surface area (Å²) in [5, 5.41) is 3.98. The number of benzene rings is 2. The highest BCUT2D eigenvalue weighted by atomic mass is 32.2. The molecule has 0 saturated carbocycles. The van der Waals surface area contributed by atoms with Gasteiger partial charge >= 0.3 is 0 Å². The highest BCUT2D eigenvalue weighted by Crippen LogP contribution is 2.16. The third-order valence-electron chi connectivity index (χ3n) is 4.19. The van der Waals surface area contributed by atoms with Crippen LogP contribution in [0, 0.1) is 0 Å². The number of carbonyl (C=O) groups is 1. The third kappa shape index (κ3) is 7.64. The Labute approximate surface area is 167 Å². The summed E-state index contributed by atoms with van der Waals surface area (Å²) < 4.78 is 26.4. The van der Waals surface area contributed by atoms with Crippen LogP contribution in [0.25, 0.3) is 6.08 Å². The van der Waals surface area contributed by atoms with E-state index in [2.05, 4.69) is 10.0 Å². The molecule has 2 aromatic carbocycles. The molecule has 0 radical (unpaired) electrons. The van der Waals surface area contributed by atoms with Crippen LogP contribution < -0.4 is 10.0 Å². The Balaban J connectivity index is 1.78. The van der Waals surface area contributed by atoms with E-state index in [1.165, 1.54) is 6.08 Å². The summed E-state index contributed by atoms with van der Waals surface area (Å²) in [6, 6.07) is 19.1. The van der Waals surface area contributed by atoms with E-state index in [1.807, 2.05) is 79.7 Å². The van der Waals surface area contributed by atoms with E-state index >= 15 is 0 Å². The molecule has 0 aromatic heterocycles. The van der Waals surface area contributed by atoms with Crippen LogP contribution >= 0.6 is 0 Å². The van der Waals surface area contributed by atoms with E-state index in [0.29, 0.717) is 6.54 Å². The Bertz CT molecular complexity index is 866. The van der Waals surface area contributed by atoms with Crippen molar-refractivity contribution in [3.63, 3.8) is 0 Å². The Hall–Kier alpha value is -2.48. The molecule has 2 N–H and O–H groups in total. The van der Waals surface area contributed by atoms with Crippen molar-refractivity contribution in [3.8, 4) is 0 Å². The fraction of sp³-hybridized carbons (Fsp3) is 0.286. The van der Waals surface area contributed by atoms with Crippen LogP contribution in [-0.4, -0.2) is 46.4 Å². The zero-order valence-electron chi connectivity index (χ0n) is 16.2. The maximum atomic E-state index is 12.1. The van der Waals surface area contributed by atoms with E-state index < -0.39 is 10.0 Å². The maximum Gasteiger partial charge on any atom is 0.233 e. The van der Waals surface area contributed by atoms with Gasteiger partial charge in [-0.05, 0) is 31.3 Å². The number of nitrogens with zero attached hydrogens (tertiary/aromatic N) is 1. The van der Waals surface area contributed by atoms with Gasteiger partial charge in [-0.1, -0.05) is 60.7 Å². The number of likely N-dealkylation sites (N-methyl/N-ethyl adjacent to an activating group) is 1. The summed E-state index contributed by atoms with van der Waals surface area (Å²) >= 11 is 0. The number of hydrogen-bond acceptors (Lipinski definition) is 4. The zero-order chi connectivity index (χ0) is 20.4. The van der Waals surface area contributed by atoms with Gasteiger partial charge < -0.3 is 10.2 Å². The summed E-state index contributed by atoms with van der Waals surface area (Å²) in [7, 11) is 0.329. The maximum absolute atomic E-state index is 12.1. The van der Waals surface area contributed by atoms with Gasteiger partial charge in [0.25, 0.3) is 0 Å². The quantitative estimate of drug-likeness (QED) is 0.641. The fourth-order valence-corrected chi connectivity index (χ4v) is 3.48. The summed E-state index contributed by atoms with van der Waals surface area (Å²) in [6.07, 6.45) is 1.59. The first-order chi connectivity index (χ1) is 13.4. The zero-order valence-corrected chi connectivity index (χ0v) is 17.0. The van der Waals surface area contributed by atoms with Crippen LogP contribution in [0.2, 0.25) is 0 Å². The molecule has 0 spiro atoms. The van der Waals surface area contributed by atoms with Gasteiger partial charge in [0.2, 0.25) is 15.9 Å². The summed E-state index contributed by atoms with van der Waals surface area (Å²) in [6.45, 7) is 0.502. The molecule has 0 aliphatic carbocycles. The predicted octanol–water partition coefficient (Wildman–Crippen LogP) is 2.39. The molecule has 6 nitrogen and oxygen atoms in total. The van der Waals surface area contributed by atoms with Crippen LogP contribution in [0.3, 0.4) is 0 Å². The number of hydrogen-bond donors (Lipinski definition) is 2. The van der Waals surface area contributed by atoms with Crippen LogP contribution in [0.5, 0.6) is 0 Å². The molecule has 2 aromatic rings. The lowest BCUT2D eigenvalue weighted by atomic mass is 10.1. The number of carbonyl (C=O) groups excluding carboxylic acids is 1. The molecule has 150 valence electrons. The second kappa shape index (κ2) is 10.8. The van der Waals surface area contributed by atoms with Crippen LogP contribution in [0.1, 0.15) is 23.6 Å². The van der Waals surface area contributed by atoms with Crippen LogP contribution in [0.4, 0.5) is 0 Å². The van der Waals surface area contributed by atoms with Gasteiger partial charge in [-0.25, -0.2) is 13.1 Å². The minimum atomic E-state index is -3.58. The molecule has 0 heterocycles. The van der Waals surface area contributed by atoms with E-state index in [-0.39, 0.29) is 24.9 Å². The van der Waals surface area contributed by atoms with Crippen LogP contribution in [-0.2, 0) is 14.8 Å². The Morgan fingerprint density at radius 3 is 2.25 bits per heavy atom. The van der Waals surface area contributed by atoms with E-state index in [9.17, 15) is 13.2 Å². The van der Waals surface area contributed by atoms with Crippen molar-refractivity contribution >= 4 is 22.0 Å². The highest BCUT2D eigenvalue weighted by molar-refractivity contribution is 7.92. The fourth-order valence-electron chi connectivity index (χ4n) is 2.66. The lowest BCUT2D eigenvalue weighted by Gasteiger charge is -2.25. The summed E-state index contributed by atoms with van der Waals surface area (Å²) in [5.74, 6) is -0.197. The lowest BCUT2D eigenvalue weighted by Crippen LogP contribution is -2.36. The Kier molecular flexibility index (Phi) is 8.38. The van der Waals surface area contributed by atoms with E-state index in [0.717, 1.165) is 16.5 Å². The molecule has 0 bridgehead atoms. The normalized spacial score (nSPS) is 13.0. The predicted molar refractivity (Wildman–Crippen MR) is 113 cm³/mol. The lowest BCUT2D eigenvalue weighted by molar-refractivity contribution is -0.121. The molecule has 7 heteroatoms. The molecular weight excluding hydrogens is 374 g/mol. The van der Waals surface area contributed by atoms with Gasteiger partial charge in [-0.15, -0.1) is 0 Å². The number of rotatable bonds is 10. The summed E-state index contributed by atoms with van der Waals surface area (Å²) in [5.41, 5.74) is 1.90. The molecular formula is C21H27N3O3S. The van der Waals surface area contributed by atoms with Gasteiger partial charge in [0.15, 0.2) is 0 Å². The molecule has 28 heavy (non-hydrogen) atoms. The van der Waals surface area contributed by atoms with Crippen molar-refractivity contribution in [2.45, 2.75) is 12.5 Å². The average Bonchev–Trinajstić information content (AvgIpc) is 2.68. The van der Waals surface area contributed by atoms with Gasteiger partial charge in [-0.3, -0.25) is 4.79 Å². The second-order valence-electron chi connectivity index (χ2n) is 6.60. The van der Waals surface area contributed by atoms with Gasteiger partial charge in [-0.2, -0.15) is 0 Å². The molecule has 1 unspecified atom stereocenters. The molecule has 1 amide bonds. The molecule has 0 saturated heterocycles. The van der Waals surface area contributed by atoms with Gasteiger partial charge in [0, 0.05) is 24.9 Å². The number of nitrogens with one attached hydrogen (secondary N) is 2. The second-order valence-corrected chi connectivity index (χ2v) is 8.25. The van der Waals surface area contributed by atoms with Gasteiger partial charge in [0.05, 0.1) is 6.04 Å². The number of amides is 1.